The van der Waals surface area contributed by atoms with Crippen LogP contribution >= 0.6 is 0 Å². The Kier molecular flexibility index (Phi) is 10.1. The lowest BCUT2D eigenvalue weighted by atomic mass is 9.68. The Morgan fingerprint density at radius 2 is 1.91 bits per heavy atom. The van der Waals surface area contributed by atoms with E-state index in [4.69, 9.17) is 30.6 Å². The lowest BCUT2D eigenvalue weighted by Crippen LogP contribution is -2.50. The first kappa shape index (κ1) is 33.7. The first-order chi connectivity index (χ1) is 21.1. The van der Waals surface area contributed by atoms with Gasteiger partial charge in [-0.1, -0.05) is 5.57 Å². The van der Waals surface area contributed by atoms with Gasteiger partial charge in [-0.2, -0.15) is 10.2 Å². The van der Waals surface area contributed by atoms with Crippen LogP contribution in [0.15, 0.2) is 28.5 Å². The standard InChI is InChI=1S/C32H47N9O4/c1-20-9-8-10-32(7,26(20)23(18-33)22(3)34)28(42)38-27(35)24-17-25(37-29(36-24)41-15-16-44-19-21(41)2)39-11-13-40(14-12-39)30(43)45-31(4,5)6/h17,21H,8-16,19,34H2,1-7H3,(H2,35,38,42)/b23-22+/t21-,32-/m0/s1. The molecule has 244 valence electrons. The van der Waals surface area contributed by atoms with E-state index >= 15 is 0 Å². The number of nitrogens with zero attached hydrogens (tertiary/aromatic N) is 6. The van der Waals surface area contributed by atoms with Crippen molar-refractivity contribution in [2.45, 2.75) is 79.4 Å². The van der Waals surface area contributed by atoms with E-state index in [0.717, 1.165) is 18.4 Å². The van der Waals surface area contributed by atoms with Crippen LogP contribution in [0.2, 0.25) is 0 Å². The summed E-state index contributed by atoms with van der Waals surface area (Å²) in [6.07, 6.45) is 1.72. The lowest BCUT2D eigenvalue weighted by Gasteiger charge is -2.37. The summed E-state index contributed by atoms with van der Waals surface area (Å²) in [4.78, 5) is 42.0. The molecule has 45 heavy (non-hydrogen) atoms. The minimum atomic E-state index is -1.05. The van der Waals surface area contributed by atoms with Crippen LogP contribution < -0.4 is 20.9 Å². The van der Waals surface area contributed by atoms with Gasteiger partial charge in [0.05, 0.1) is 30.2 Å². The largest absolute Gasteiger partial charge is 0.444 e. The second kappa shape index (κ2) is 13.4. The van der Waals surface area contributed by atoms with E-state index in [1.54, 1.807) is 17.9 Å². The molecule has 0 spiro atoms. The van der Waals surface area contributed by atoms with Crippen LogP contribution in [0.5, 0.6) is 0 Å². The highest BCUT2D eigenvalue weighted by atomic mass is 16.6. The van der Waals surface area contributed by atoms with Crippen molar-refractivity contribution in [3.8, 4) is 6.07 Å². The molecule has 4 N–H and O–H groups in total. The van der Waals surface area contributed by atoms with Gasteiger partial charge in [0, 0.05) is 44.5 Å². The molecule has 3 aliphatic rings. The van der Waals surface area contributed by atoms with E-state index in [1.165, 1.54) is 0 Å². The van der Waals surface area contributed by atoms with E-state index in [2.05, 4.69) is 16.3 Å². The highest BCUT2D eigenvalue weighted by molar-refractivity contribution is 6.08. The zero-order chi connectivity index (χ0) is 33.1. The quantitative estimate of drug-likeness (QED) is 0.251. The first-order valence-electron chi connectivity index (χ1n) is 15.6. The fourth-order valence-electron chi connectivity index (χ4n) is 6.11. The Labute approximate surface area is 265 Å². The molecule has 13 heteroatoms. The highest BCUT2D eigenvalue weighted by Crippen LogP contribution is 2.44. The maximum absolute atomic E-state index is 13.9. The van der Waals surface area contributed by atoms with Crippen molar-refractivity contribution in [1.29, 1.82) is 10.7 Å². The number of hydrogen-bond acceptors (Lipinski definition) is 11. The van der Waals surface area contributed by atoms with Crippen LogP contribution in [0.1, 0.15) is 73.4 Å². The first-order valence-corrected chi connectivity index (χ1v) is 15.6. The summed E-state index contributed by atoms with van der Waals surface area (Å²) in [5, 5.41) is 21.7. The number of piperazine rings is 1. The van der Waals surface area contributed by atoms with Crippen LogP contribution in [-0.4, -0.2) is 90.3 Å². The SMILES string of the molecule is CC1=C(/C(C#N)=C(\C)N)[C@@](C)(C(=O)NC(=N)c2cc(N3CCN(C(=O)OC(C)(C)C)CC3)nc(N3CCOC[C@@H]3C)n2)CCC1. The van der Waals surface area contributed by atoms with Crippen molar-refractivity contribution in [3.63, 3.8) is 0 Å². The molecule has 0 bridgehead atoms. The van der Waals surface area contributed by atoms with Gasteiger partial charge >= 0.3 is 6.09 Å². The third kappa shape index (κ3) is 7.56. The Bertz CT molecular complexity index is 1430. The number of carbonyl (C=O) groups is 2. The van der Waals surface area contributed by atoms with E-state index in [0.29, 0.717) is 81.0 Å². The van der Waals surface area contributed by atoms with Crippen LogP contribution in [0.4, 0.5) is 16.6 Å². The average molecular weight is 622 g/mol. The molecule has 1 aromatic heterocycles. The molecule has 0 aromatic carbocycles. The number of nitrogens with one attached hydrogen (secondary N) is 2. The molecule has 0 radical (unpaired) electrons. The Balaban J connectivity index is 1.62. The zero-order valence-electron chi connectivity index (χ0n) is 27.6. The minimum Gasteiger partial charge on any atom is -0.444 e. The highest BCUT2D eigenvalue weighted by Gasteiger charge is 2.42. The molecule has 13 nitrogen and oxygen atoms in total. The number of nitriles is 1. The summed E-state index contributed by atoms with van der Waals surface area (Å²) >= 11 is 0. The van der Waals surface area contributed by atoms with Gasteiger partial charge in [0.15, 0.2) is 5.84 Å². The zero-order valence-corrected chi connectivity index (χ0v) is 27.6. The predicted octanol–water partition coefficient (Wildman–Crippen LogP) is 3.46. The molecule has 2 aliphatic heterocycles. The number of hydrogen-bond donors (Lipinski definition) is 3. The average Bonchev–Trinajstić information content (AvgIpc) is 2.98. The summed E-state index contributed by atoms with van der Waals surface area (Å²) in [7, 11) is 0. The number of carbonyl (C=O) groups excluding carboxylic acids is 2. The van der Waals surface area contributed by atoms with E-state index in [9.17, 15) is 14.9 Å². The number of rotatable bonds is 5. The number of ether oxygens (including phenoxy) is 2. The summed E-state index contributed by atoms with van der Waals surface area (Å²) in [5.41, 5.74) is 6.98. The second-order valence-corrected chi connectivity index (χ2v) is 13.3. The maximum atomic E-state index is 13.9. The minimum absolute atomic E-state index is 0.0159. The lowest BCUT2D eigenvalue weighted by molar-refractivity contribution is -0.127. The van der Waals surface area contributed by atoms with Gasteiger partial charge in [0.1, 0.15) is 23.2 Å². The Morgan fingerprint density at radius 1 is 1.22 bits per heavy atom. The van der Waals surface area contributed by atoms with Gasteiger partial charge in [-0.3, -0.25) is 10.2 Å². The van der Waals surface area contributed by atoms with Gasteiger partial charge in [0.25, 0.3) is 0 Å². The van der Waals surface area contributed by atoms with Crippen LogP contribution in [-0.2, 0) is 14.3 Å². The topological polar surface area (TPSA) is 174 Å². The predicted molar refractivity (Wildman–Crippen MR) is 172 cm³/mol. The normalized spacial score (nSPS) is 23.2. The van der Waals surface area contributed by atoms with Gasteiger partial charge in [0.2, 0.25) is 11.9 Å². The molecular weight excluding hydrogens is 574 g/mol. The Hall–Kier alpha value is -4.18. The Morgan fingerprint density at radius 3 is 2.51 bits per heavy atom. The third-order valence-corrected chi connectivity index (χ3v) is 8.54. The molecular formula is C32H47N9O4. The van der Waals surface area contributed by atoms with Gasteiger partial charge in [-0.05, 0) is 73.3 Å². The van der Waals surface area contributed by atoms with Gasteiger partial charge < -0.3 is 35.2 Å². The second-order valence-electron chi connectivity index (χ2n) is 13.3. The number of amidine groups is 1. The van der Waals surface area contributed by atoms with Crippen LogP contribution in [0, 0.1) is 22.2 Å². The number of nitrogens with two attached hydrogens (primary N) is 1. The van der Waals surface area contributed by atoms with Gasteiger partial charge in [-0.15, -0.1) is 0 Å². The number of anilines is 2. The number of aromatic nitrogens is 2. The molecule has 3 heterocycles. The van der Waals surface area contributed by atoms with Crippen molar-refractivity contribution in [1.82, 2.24) is 20.2 Å². The summed E-state index contributed by atoms with van der Waals surface area (Å²) in [5.74, 6) is 0.503. The fourth-order valence-corrected chi connectivity index (χ4v) is 6.11. The summed E-state index contributed by atoms with van der Waals surface area (Å²) in [6, 6.07) is 3.92. The molecule has 2 fully saturated rings. The fraction of sp³-hybridized carbons (Fsp3) is 0.625. The number of allylic oxidation sites excluding steroid dienone is 3. The van der Waals surface area contributed by atoms with Gasteiger partial charge in [-0.25, -0.2) is 9.78 Å². The molecule has 1 aliphatic carbocycles. The maximum Gasteiger partial charge on any atom is 0.410 e. The van der Waals surface area contributed by atoms with E-state index in [-0.39, 0.29) is 29.6 Å². The monoisotopic (exact) mass is 621 g/mol. The smallest absolute Gasteiger partial charge is 0.410 e. The van der Waals surface area contributed by atoms with Crippen LogP contribution in [0.25, 0.3) is 0 Å². The summed E-state index contributed by atoms with van der Waals surface area (Å²) < 4.78 is 11.2. The van der Waals surface area contributed by atoms with Crippen molar-refractivity contribution in [2.24, 2.45) is 11.1 Å². The molecule has 2 saturated heterocycles. The van der Waals surface area contributed by atoms with Crippen molar-refractivity contribution < 1.29 is 19.1 Å². The molecule has 2 atom stereocenters. The molecule has 2 amide bonds. The molecule has 0 saturated carbocycles. The van der Waals surface area contributed by atoms with Crippen molar-refractivity contribution in [2.75, 3.05) is 55.7 Å². The summed E-state index contributed by atoms with van der Waals surface area (Å²) in [6.45, 7) is 16.5. The molecule has 4 rings (SSSR count). The van der Waals surface area contributed by atoms with E-state index in [1.807, 2.05) is 46.4 Å². The molecule has 1 aromatic rings. The molecule has 0 unspecified atom stereocenters. The third-order valence-electron chi connectivity index (χ3n) is 8.54. The number of morpholine rings is 1. The van der Waals surface area contributed by atoms with Crippen molar-refractivity contribution >= 4 is 29.6 Å². The van der Waals surface area contributed by atoms with Crippen molar-refractivity contribution in [3.05, 3.63) is 34.2 Å². The van der Waals surface area contributed by atoms with E-state index < -0.39 is 11.0 Å². The number of amides is 2. The van der Waals surface area contributed by atoms with Crippen LogP contribution in [0.3, 0.4) is 0 Å².